The molecule has 0 aliphatic heterocycles. The van der Waals surface area contributed by atoms with Crippen LogP contribution in [-0.4, -0.2) is 4.92 Å². The summed E-state index contributed by atoms with van der Waals surface area (Å²) >= 11 is 0. The lowest BCUT2D eigenvalue weighted by atomic mass is 10.2. The number of hydrogen-bond donors (Lipinski definition) is 1. The van der Waals surface area contributed by atoms with Gasteiger partial charge in [-0.15, -0.1) is 0 Å². The molecule has 3 N–H and O–H groups in total. The van der Waals surface area contributed by atoms with Crippen LogP contribution < -0.4 is 22.7 Å². The van der Waals surface area contributed by atoms with Crippen molar-refractivity contribution in [1.82, 2.24) is 0 Å². The lowest BCUT2D eigenvalue weighted by molar-refractivity contribution is -0.385. The van der Waals surface area contributed by atoms with Gasteiger partial charge in [0.1, 0.15) is 5.69 Å². The first-order valence-corrected chi connectivity index (χ1v) is 3.18. The van der Waals surface area contributed by atoms with E-state index in [1.807, 2.05) is 6.92 Å². The van der Waals surface area contributed by atoms with Gasteiger partial charge in [0.15, 0.2) is 0 Å². The first-order valence-electron chi connectivity index (χ1n) is 3.18. The van der Waals surface area contributed by atoms with E-state index in [-0.39, 0.29) is 22.7 Å². The molecule has 4 nitrogen and oxygen atoms in total. The molecule has 0 aliphatic carbocycles. The average molecular weight is 233 g/mol. The third kappa shape index (κ3) is 2.28. The first kappa shape index (κ1) is 11.1. The maximum atomic E-state index is 10.2. The quantitative estimate of drug-likeness (QED) is 0.441. The number of nitro benzene ring substituents is 1. The lowest BCUT2D eigenvalue weighted by Crippen LogP contribution is -3.00. The second-order valence-corrected chi connectivity index (χ2v) is 2.37. The molecule has 0 saturated carbocycles. The van der Waals surface area contributed by atoms with E-state index in [2.05, 4.69) is 5.73 Å². The van der Waals surface area contributed by atoms with Gasteiger partial charge in [-0.05, 0) is 13.0 Å². The number of aryl methyl sites for hydroxylation is 1. The largest absolute Gasteiger partial charge is 1.00 e. The molecule has 1 aromatic carbocycles. The van der Waals surface area contributed by atoms with Gasteiger partial charge in [0.2, 0.25) is 0 Å². The molecule has 0 atom stereocenters. The van der Waals surface area contributed by atoms with Crippen LogP contribution in [0.2, 0.25) is 0 Å². The van der Waals surface area contributed by atoms with E-state index in [9.17, 15) is 10.1 Å². The van der Waals surface area contributed by atoms with Crippen LogP contribution in [0.3, 0.4) is 0 Å². The highest BCUT2D eigenvalue weighted by atomic mass is 79.9. The smallest absolute Gasteiger partial charge is 0.275 e. The molecule has 0 unspecified atom stereocenters. The van der Waals surface area contributed by atoms with E-state index < -0.39 is 4.92 Å². The van der Waals surface area contributed by atoms with Crippen molar-refractivity contribution >= 4 is 11.4 Å². The van der Waals surface area contributed by atoms with Gasteiger partial charge in [-0.2, -0.15) is 0 Å². The Hall–Kier alpha value is -0.940. The molecule has 0 aromatic heterocycles. The Morgan fingerprint density at radius 1 is 1.50 bits per heavy atom. The summed E-state index contributed by atoms with van der Waals surface area (Å²) in [6.07, 6.45) is 0. The van der Waals surface area contributed by atoms with Crippen LogP contribution >= 0.6 is 0 Å². The van der Waals surface area contributed by atoms with Gasteiger partial charge in [0, 0.05) is 11.6 Å². The predicted molar refractivity (Wildman–Crippen MR) is 40.4 cm³/mol. The van der Waals surface area contributed by atoms with Crippen LogP contribution in [0.25, 0.3) is 0 Å². The Kier molecular flexibility index (Phi) is 3.85. The molecule has 0 heterocycles. The fraction of sp³-hybridized carbons (Fsp3) is 0.143. The van der Waals surface area contributed by atoms with Crippen molar-refractivity contribution in [3.05, 3.63) is 33.9 Å². The molecule has 12 heavy (non-hydrogen) atoms. The Balaban J connectivity index is 0.00000121. The average Bonchev–Trinajstić information content (AvgIpc) is 1.94. The maximum absolute atomic E-state index is 10.2. The molecule has 1 rings (SSSR count). The van der Waals surface area contributed by atoms with Crippen molar-refractivity contribution < 1.29 is 27.6 Å². The Morgan fingerprint density at radius 3 is 2.50 bits per heavy atom. The third-order valence-electron chi connectivity index (χ3n) is 1.54. The van der Waals surface area contributed by atoms with E-state index in [0.29, 0.717) is 5.69 Å². The standard InChI is InChI=1S/C7H8N2O2.BrH/c1-5-2-3-6(9(10)11)4-7(5)8;/h2-4H,8H2,1H3;1H. The number of benzene rings is 1. The van der Waals surface area contributed by atoms with Crippen molar-refractivity contribution in [3.63, 3.8) is 0 Å². The highest BCUT2D eigenvalue weighted by Crippen LogP contribution is 2.16. The van der Waals surface area contributed by atoms with E-state index in [1.54, 1.807) is 6.07 Å². The van der Waals surface area contributed by atoms with Crippen molar-refractivity contribution in [2.24, 2.45) is 0 Å². The fourth-order valence-electron chi connectivity index (χ4n) is 0.771. The Morgan fingerprint density at radius 2 is 2.08 bits per heavy atom. The second-order valence-electron chi connectivity index (χ2n) is 2.37. The van der Waals surface area contributed by atoms with E-state index in [0.717, 1.165) is 5.56 Å². The molecular weight excluding hydrogens is 224 g/mol. The molecule has 0 bridgehead atoms. The summed E-state index contributed by atoms with van der Waals surface area (Å²) in [6, 6.07) is 4.64. The van der Waals surface area contributed by atoms with Crippen molar-refractivity contribution in [3.8, 4) is 0 Å². The van der Waals surface area contributed by atoms with Crippen LogP contribution in [0.15, 0.2) is 18.2 Å². The summed E-state index contributed by atoms with van der Waals surface area (Å²) in [5, 5.41) is 10.2. The van der Waals surface area contributed by atoms with Gasteiger partial charge in [0.25, 0.3) is 5.69 Å². The molecule has 66 valence electrons. The summed E-state index contributed by atoms with van der Waals surface area (Å²) in [5.41, 5.74) is 5.43. The van der Waals surface area contributed by atoms with Gasteiger partial charge in [0.05, 0.1) is 11.0 Å². The molecule has 0 fully saturated rings. The monoisotopic (exact) mass is 232 g/mol. The van der Waals surface area contributed by atoms with Crippen LogP contribution in [0.1, 0.15) is 5.56 Å². The number of nitrogens with zero attached hydrogens (tertiary/aromatic N) is 1. The lowest BCUT2D eigenvalue weighted by Gasteiger charge is -1.93. The summed E-state index contributed by atoms with van der Waals surface area (Å²) in [5.74, 6) is 0. The zero-order valence-electron chi connectivity index (χ0n) is 6.58. The number of halogens is 1. The van der Waals surface area contributed by atoms with Gasteiger partial charge in [-0.25, -0.2) is 0 Å². The minimum absolute atomic E-state index is 0. The highest BCUT2D eigenvalue weighted by Gasteiger charge is 2.07. The minimum atomic E-state index is -0.422. The molecule has 5 heteroatoms. The third-order valence-corrected chi connectivity index (χ3v) is 1.54. The predicted octanol–water partition coefficient (Wildman–Crippen LogP) is -2.22. The number of non-ortho nitro benzene ring substituents is 1. The molecular formula is C7H9BrN2O2. The molecule has 0 spiro atoms. The van der Waals surface area contributed by atoms with Gasteiger partial charge >= 0.3 is 0 Å². The van der Waals surface area contributed by atoms with Crippen LogP contribution in [-0.2, 0) is 0 Å². The van der Waals surface area contributed by atoms with Gasteiger partial charge in [-0.1, -0.05) is 0 Å². The molecule has 0 radical (unpaired) electrons. The summed E-state index contributed by atoms with van der Waals surface area (Å²) in [7, 11) is 0. The zero-order chi connectivity index (χ0) is 8.43. The first-order chi connectivity index (χ1) is 5.11. The highest BCUT2D eigenvalue weighted by molar-refractivity contribution is 5.47. The molecule has 1 aromatic rings. The van der Waals surface area contributed by atoms with Crippen LogP contribution in [0.5, 0.6) is 0 Å². The van der Waals surface area contributed by atoms with Crippen LogP contribution in [0, 0.1) is 17.0 Å². The summed E-state index contributed by atoms with van der Waals surface area (Å²) in [4.78, 5) is 9.82. The van der Waals surface area contributed by atoms with Gasteiger partial charge in [-0.3, -0.25) is 10.1 Å². The molecule has 0 amide bonds. The number of quaternary nitrogens is 1. The zero-order valence-corrected chi connectivity index (χ0v) is 8.17. The summed E-state index contributed by atoms with van der Waals surface area (Å²) in [6.45, 7) is 1.87. The fourth-order valence-corrected chi connectivity index (χ4v) is 0.771. The van der Waals surface area contributed by atoms with Crippen molar-refractivity contribution in [2.75, 3.05) is 0 Å². The van der Waals surface area contributed by atoms with Gasteiger partial charge < -0.3 is 22.7 Å². The normalized spacial score (nSPS) is 8.83. The van der Waals surface area contributed by atoms with Crippen molar-refractivity contribution in [2.45, 2.75) is 6.92 Å². The van der Waals surface area contributed by atoms with E-state index >= 15 is 0 Å². The SMILES string of the molecule is Cc1ccc([N+](=O)[O-])cc1[NH3+].[Br-]. The molecule has 0 saturated heterocycles. The number of rotatable bonds is 1. The second kappa shape index (κ2) is 4.18. The van der Waals surface area contributed by atoms with E-state index in [4.69, 9.17) is 0 Å². The number of nitro groups is 1. The minimum Gasteiger partial charge on any atom is -1.00 e. The summed E-state index contributed by atoms with van der Waals surface area (Å²) < 4.78 is 0. The Bertz CT molecular complexity index is 301. The van der Waals surface area contributed by atoms with Crippen molar-refractivity contribution in [1.29, 1.82) is 0 Å². The van der Waals surface area contributed by atoms with E-state index in [1.165, 1.54) is 12.1 Å². The number of hydrogen-bond acceptors (Lipinski definition) is 2. The Labute approximate surface area is 80.3 Å². The maximum Gasteiger partial charge on any atom is 0.275 e. The van der Waals surface area contributed by atoms with Crippen LogP contribution in [0.4, 0.5) is 11.4 Å². The topological polar surface area (TPSA) is 70.8 Å². The molecule has 0 aliphatic rings.